The molecule has 0 unspecified atom stereocenters. The maximum absolute atomic E-state index is 13.2. The van der Waals surface area contributed by atoms with Crippen LogP contribution in [0.3, 0.4) is 0 Å². The van der Waals surface area contributed by atoms with Crippen LogP contribution in [0.5, 0.6) is 5.75 Å². The molecule has 3 heterocycles. The van der Waals surface area contributed by atoms with E-state index in [-0.39, 0.29) is 29.4 Å². The van der Waals surface area contributed by atoms with Crippen LogP contribution in [-0.4, -0.2) is 63.4 Å². The topological polar surface area (TPSA) is 130 Å². The Labute approximate surface area is 208 Å². The highest BCUT2D eigenvalue weighted by molar-refractivity contribution is 7.89. The van der Waals surface area contributed by atoms with Crippen LogP contribution in [0.2, 0.25) is 0 Å². The van der Waals surface area contributed by atoms with E-state index in [1.54, 1.807) is 24.6 Å². The van der Waals surface area contributed by atoms with Gasteiger partial charge in [-0.15, -0.1) is 0 Å². The van der Waals surface area contributed by atoms with Crippen molar-refractivity contribution in [3.63, 3.8) is 0 Å². The number of piperidine rings is 1. The Hall–Kier alpha value is -3.54. The number of aromatic amines is 1. The molecule has 0 radical (unpaired) electrons. The van der Waals surface area contributed by atoms with Crippen molar-refractivity contribution in [1.29, 1.82) is 0 Å². The first kappa shape index (κ1) is 24.2. The fraction of sp³-hybridized carbons (Fsp3) is 0.320. The molecule has 0 bridgehead atoms. The van der Waals surface area contributed by atoms with Crippen LogP contribution < -0.4 is 10.3 Å². The summed E-state index contributed by atoms with van der Waals surface area (Å²) in [7, 11) is -3.77. The number of hydrogen-bond donors (Lipinski definition) is 2. The number of aromatic nitrogens is 4. The van der Waals surface area contributed by atoms with Crippen LogP contribution in [0.15, 0.2) is 58.2 Å². The zero-order chi connectivity index (χ0) is 25.4. The van der Waals surface area contributed by atoms with Crippen LogP contribution in [-0.2, 0) is 10.0 Å². The van der Waals surface area contributed by atoms with Gasteiger partial charge >= 0.3 is 0 Å². The lowest BCUT2D eigenvalue weighted by Crippen LogP contribution is -2.40. The maximum Gasteiger partial charge on any atom is 0.277 e. The fourth-order valence-corrected chi connectivity index (χ4v) is 5.90. The minimum absolute atomic E-state index is 0.0857. The van der Waals surface area contributed by atoms with E-state index in [1.165, 1.54) is 16.4 Å². The smallest absolute Gasteiger partial charge is 0.277 e. The molecule has 1 fully saturated rings. The van der Waals surface area contributed by atoms with Crippen molar-refractivity contribution in [3.8, 4) is 22.8 Å². The van der Waals surface area contributed by atoms with Crippen molar-refractivity contribution in [1.82, 2.24) is 24.1 Å². The zero-order valence-electron chi connectivity index (χ0n) is 20.0. The minimum atomic E-state index is -3.77. The number of benzene rings is 2. The second kappa shape index (κ2) is 9.49. The van der Waals surface area contributed by atoms with E-state index in [0.29, 0.717) is 47.5 Å². The van der Waals surface area contributed by atoms with Crippen LogP contribution >= 0.6 is 0 Å². The third-order valence-corrected chi connectivity index (χ3v) is 8.16. The molecule has 11 heteroatoms. The van der Waals surface area contributed by atoms with E-state index in [1.807, 2.05) is 30.3 Å². The molecule has 1 aliphatic rings. The summed E-state index contributed by atoms with van der Waals surface area (Å²) in [5.41, 5.74) is 2.20. The standard InChI is InChI=1S/C25H27N5O5S/c1-3-35-21-15-19(36(33,34)29-13-11-18(31)12-14-29)9-10-20(21)24-26-22-16(2)28-30(23(22)25(32)27-24)17-7-5-4-6-8-17/h4-10,15,18,31H,3,11-14H2,1-2H3,(H,26,27,32). The summed E-state index contributed by atoms with van der Waals surface area (Å²) in [5.74, 6) is 0.558. The molecule has 36 heavy (non-hydrogen) atoms. The first-order valence-corrected chi connectivity index (χ1v) is 13.2. The summed E-state index contributed by atoms with van der Waals surface area (Å²) in [5, 5.41) is 14.3. The van der Waals surface area contributed by atoms with Gasteiger partial charge in [0, 0.05) is 19.2 Å². The predicted molar refractivity (Wildman–Crippen MR) is 135 cm³/mol. The summed E-state index contributed by atoms with van der Waals surface area (Å²) in [6.07, 6.45) is 0.318. The Morgan fingerprint density at radius 1 is 1.14 bits per heavy atom. The molecular formula is C25H27N5O5S. The van der Waals surface area contributed by atoms with Crippen molar-refractivity contribution in [2.24, 2.45) is 0 Å². The van der Waals surface area contributed by atoms with E-state index in [4.69, 9.17) is 4.74 Å². The highest BCUT2D eigenvalue weighted by Gasteiger charge is 2.30. The number of H-pyrrole nitrogens is 1. The lowest BCUT2D eigenvalue weighted by molar-refractivity contribution is 0.113. The number of nitrogens with one attached hydrogen (secondary N) is 1. The van der Waals surface area contributed by atoms with E-state index >= 15 is 0 Å². The largest absolute Gasteiger partial charge is 0.493 e. The molecule has 1 saturated heterocycles. The quantitative estimate of drug-likeness (QED) is 0.409. The van der Waals surface area contributed by atoms with Gasteiger partial charge < -0.3 is 14.8 Å². The van der Waals surface area contributed by atoms with Gasteiger partial charge in [-0.1, -0.05) is 18.2 Å². The van der Waals surface area contributed by atoms with Crippen LogP contribution in [0, 0.1) is 6.92 Å². The molecule has 2 aromatic heterocycles. The maximum atomic E-state index is 13.2. The SMILES string of the molecule is CCOc1cc(S(=O)(=O)N2CCC(O)CC2)ccc1-c1nc2c(C)nn(-c3ccccc3)c2c(=O)[nH]1. The fourth-order valence-electron chi connectivity index (χ4n) is 4.41. The number of hydrogen-bond acceptors (Lipinski definition) is 7. The minimum Gasteiger partial charge on any atom is -0.493 e. The van der Waals surface area contributed by atoms with Crippen LogP contribution in [0.25, 0.3) is 28.1 Å². The molecule has 4 aromatic rings. The van der Waals surface area contributed by atoms with Gasteiger partial charge in [0.25, 0.3) is 5.56 Å². The Balaban J connectivity index is 1.59. The number of rotatable bonds is 6. The zero-order valence-corrected chi connectivity index (χ0v) is 20.8. The second-order valence-electron chi connectivity index (χ2n) is 8.67. The Bertz CT molecular complexity index is 1570. The molecular weight excluding hydrogens is 482 g/mol. The number of fused-ring (bicyclic) bond motifs is 1. The lowest BCUT2D eigenvalue weighted by atomic mass is 10.1. The van der Waals surface area contributed by atoms with Gasteiger partial charge in [-0.25, -0.2) is 18.1 Å². The highest BCUT2D eigenvalue weighted by Crippen LogP contribution is 2.33. The molecule has 188 valence electrons. The molecule has 0 saturated carbocycles. The molecule has 2 aromatic carbocycles. The van der Waals surface area contributed by atoms with Gasteiger partial charge in [0.2, 0.25) is 10.0 Å². The van der Waals surface area contributed by atoms with Gasteiger partial charge in [0.05, 0.1) is 34.6 Å². The monoisotopic (exact) mass is 509 g/mol. The molecule has 0 amide bonds. The first-order valence-electron chi connectivity index (χ1n) is 11.8. The molecule has 10 nitrogen and oxygen atoms in total. The lowest BCUT2D eigenvalue weighted by Gasteiger charge is -2.29. The molecule has 0 aliphatic carbocycles. The number of sulfonamides is 1. The predicted octanol–water partition coefficient (Wildman–Crippen LogP) is 2.63. The third-order valence-electron chi connectivity index (χ3n) is 6.27. The average Bonchev–Trinajstić information content (AvgIpc) is 3.22. The number of aliphatic hydroxyl groups is 1. The first-order chi connectivity index (χ1) is 17.3. The summed E-state index contributed by atoms with van der Waals surface area (Å²) in [6, 6.07) is 13.9. The van der Waals surface area contributed by atoms with Crippen LogP contribution in [0.4, 0.5) is 0 Å². The van der Waals surface area contributed by atoms with Gasteiger partial charge in [0.15, 0.2) is 5.52 Å². The second-order valence-corrected chi connectivity index (χ2v) is 10.6. The average molecular weight is 510 g/mol. The van der Waals surface area contributed by atoms with Gasteiger partial charge in [0.1, 0.15) is 17.1 Å². The number of ether oxygens (including phenoxy) is 1. The van der Waals surface area contributed by atoms with Gasteiger partial charge in [-0.2, -0.15) is 9.40 Å². The van der Waals surface area contributed by atoms with E-state index in [2.05, 4.69) is 15.1 Å². The van der Waals surface area contributed by atoms with E-state index in [0.717, 1.165) is 5.69 Å². The summed E-state index contributed by atoms with van der Waals surface area (Å²) >= 11 is 0. The van der Waals surface area contributed by atoms with E-state index in [9.17, 15) is 18.3 Å². The molecule has 5 rings (SSSR count). The van der Waals surface area contributed by atoms with Gasteiger partial charge in [-0.3, -0.25) is 4.79 Å². The van der Waals surface area contributed by atoms with Crippen molar-refractivity contribution in [2.75, 3.05) is 19.7 Å². The number of aryl methyl sites for hydroxylation is 1. The summed E-state index contributed by atoms with van der Waals surface area (Å²) in [4.78, 5) is 20.8. The molecule has 0 spiro atoms. The summed E-state index contributed by atoms with van der Waals surface area (Å²) < 4.78 is 35.1. The Morgan fingerprint density at radius 2 is 1.86 bits per heavy atom. The van der Waals surface area contributed by atoms with Crippen molar-refractivity contribution in [3.05, 3.63) is 64.6 Å². The summed E-state index contributed by atoms with van der Waals surface area (Å²) in [6.45, 7) is 4.39. The molecule has 1 aliphatic heterocycles. The number of nitrogens with zero attached hydrogens (tertiary/aromatic N) is 4. The van der Waals surface area contributed by atoms with E-state index < -0.39 is 16.1 Å². The third kappa shape index (κ3) is 4.29. The van der Waals surface area contributed by atoms with Crippen LogP contribution in [0.1, 0.15) is 25.5 Å². The van der Waals surface area contributed by atoms with Crippen molar-refractivity contribution in [2.45, 2.75) is 37.7 Å². The normalized spacial score (nSPS) is 15.4. The Kier molecular flexibility index (Phi) is 6.37. The number of aliphatic hydroxyl groups excluding tert-OH is 1. The van der Waals surface area contributed by atoms with Crippen molar-refractivity contribution < 1.29 is 18.3 Å². The van der Waals surface area contributed by atoms with Gasteiger partial charge in [-0.05, 0) is 51.0 Å². The Morgan fingerprint density at radius 3 is 2.56 bits per heavy atom. The van der Waals surface area contributed by atoms with Crippen molar-refractivity contribution >= 4 is 21.1 Å². The number of para-hydroxylation sites is 1. The molecule has 2 N–H and O–H groups in total. The highest BCUT2D eigenvalue weighted by atomic mass is 32.2. The molecule has 0 atom stereocenters.